The van der Waals surface area contributed by atoms with Gasteiger partial charge in [0.25, 0.3) is 0 Å². The van der Waals surface area contributed by atoms with Crippen molar-refractivity contribution in [1.82, 2.24) is 40.0 Å². The summed E-state index contributed by atoms with van der Waals surface area (Å²) in [6.45, 7) is 1.55. The molecule has 0 saturated carbocycles. The molecule has 6 aromatic rings. The van der Waals surface area contributed by atoms with Gasteiger partial charge in [0.1, 0.15) is 12.1 Å². The van der Waals surface area contributed by atoms with E-state index in [1.54, 1.807) is 24.8 Å². The predicted octanol–water partition coefficient (Wildman–Crippen LogP) is 4.74. The van der Waals surface area contributed by atoms with E-state index in [0.29, 0.717) is 23.4 Å². The smallest absolute Gasteiger partial charge is 0.181 e. The van der Waals surface area contributed by atoms with Crippen LogP contribution in [0.5, 0.6) is 0 Å². The second-order valence-electron chi connectivity index (χ2n) is 9.08. The number of aromatic amines is 2. The number of pyridine rings is 2. The summed E-state index contributed by atoms with van der Waals surface area (Å²) in [7, 11) is 4.01. The molecule has 0 unspecified atom stereocenters. The highest BCUT2D eigenvalue weighted by Gasteiger charge is 2.16. The molecule has 5 heterocycles. The number of fused-ring (bicyclic) bond motifs is 2. The van der Waals surface area contributed by atoms with Crippen LogP contribution in [0.25, 0.3) is 55.7 Å². The largest absolute Gasteiger partial charge is 0.384 e. The number of likely N-dealkylation sites (N-methyl/N-ethyl adjacent to an activating group) is 1. The monoisotopic (exact) mass is 493 g/mol. The number of nitrogens with one attached hydrogen (secondary N) is 3. The van der Waals surface area contributed by atoms with Gasteiger partial charge < -0.3 is 15.2 Å². The molecule has 9 nitrogen and oxygen atoms in total. The van der Waals surface area contributed by atoms with Gasteiger partial charge in [-0.3, -0.25) is 10.1 Å². The third kappa shape index (κ3) is 4.50. The van der Waals surface area contributed by atoms with E-state index in [9.17, 15) is 4.39 Å². The first-order valence-corrected chi connectivity index (χ1v) is 11.8. The van der Waals surface area contributed by atoms with E-state index in [2.05, 4.69) is 45.3 Å². The lowest BCUT2D eigenvalue weighted by Crippen LogP contribution is -2.20. The van der Waals surface area contributed by atoms with Crippen molar-refractivity contribution in [3.63, 3.8) is 0 Å². The van der Waals surface area contributed by atoms with E-state index in [1.165, 1.54) is 18.5 Å². The zero-order chi connectivity index (χ0) is 25.4. The number of hydrogen-bond acceptors (Lipinski definition) is 7. The molecular weight excluding hydrogens is 469 g/mol. The third-order valence-electron chi connectivity index (χ3n) is 6.18. The van der Waals surface area contributed by atoms with E-state index < -0.39 is 0 Å². The van der Waals surface area contributed by atoms with Crippen LogP contribution >= 0.6 is 0 Å². The summed E-state index contributed by atoms with van der Waals surface area (Å²) in [5, 5.41) is 12.5. The molecule has 0 aliphatic rings. The zero-order valence-corrected chi connectivity index (χ0v) is 20.3. The van der Waals surface area contributed by atoms with Crippen LogP contribution in [0.3, 0.4) is 0 Å². The normalized spacial score (nSPS) is 11.6. The molecule has 10 heteroatoms. The lowest BCUT2D eigenvalue weighted by Gasteiger charge is -2.12. The van der Waals surface area contributed by atoms with Gasteiger partial charge in [-0.25, -0.2) is 19.3 Å². The van der Waals surface area contributed by atoms with Crippen LogP contribution in [-0.4, -0.2) is 67.2 Å². The lowest BCUT2D eigenvalue weighted by molar-refractivity contribution is 0.425. The van der Waals surface area contributed by atoms with Gasteiger partial charge in [0.2, 0.25) is 0 Å². The Bertz CT molecular complexity index is 1710. The van der Waals surface area contributed by atoms with Crippen molar-refractivity contribution in [1.29, 1.82) is 0 Å². The SMILES string of the molecule is CN(C)CCNc1cc(F)cc(-c2nccc3[nH]c(-c4[nH]nc5ncc(-c6cncnc6)cc45)cc23)c1. The van der Waals surface area contributed by atoms with E-state index >= 15 is 0 Å². The molecule has 0 saturated heterocycles. The van der Waals surface area contributed by atoms with Gasteiger partial charge in [0.15, 0.2) is 5.65 Å². The first-order chi connectivity index (χ1) is 18.0. The number of nitrogens with zero attached hydrogens (tertiary/aromatic N) is 6. The highest BCUT2D eigenvalue weighted by atomic mass is 19.1. The van der Waals surface area contributed by atoms with Gasteiger partial charge >= 0.3 is 0 Å². The summed E-state index contributed by atoms with van der Waals surface area (Å²) in [5.74, 6) is -0.317. The molecule has 37 heavy (non-hydrogen) atoms. The summed E-state index contributed by atoms with van der Waals surface area (Å²) in [6.07, 6.45) is 8.48. The average Bonchev–Trinajstić information content (AvgIpc) is 3.52. The number of halogens is 1. The first-order valence-electron chi connectivity index (χ1n) is 11.8. The molecule has 0 aliphatic heterocycles. The van der Waals surface area contributed by atoms with Gasteiger partial charge in [-0.2, -0.15) is 5.10 Å². The Kier molecular flexibility index (Phi) is 5.78. The quantitative estimate of drug-likeness (QED) is 0.295. The average molecular weight is 494 g/mol. The molecule has 6 rings (SSSR count). The number of aromatic nitrogens is 7. The molecule has 1 aromatic carbocycles. The van der Waals surface area contributed by atoms with Crippen LogP contribution in [0.2, 0.25) is 0 Å². The van der Waals surface area contributed by atoms with Crippen LogP contribution in [-0.2, 0) is 0 Å². The Balaban J connectivity index is 1.41. The Labute approximate surface area is 211 Å². The fourth-order valence-electron chi connectivity index (χ4n) is 4.38. The highest BCUT2D eigenvalue weighted by molar-refractivity contribution is 6.00. The molecular formula is C27H24FN9. The van der Waals surface area contributed by atoms with E-state index in [4.69, 9.17) is 0 Å². The first kappa shape index (κ1) is 22.7. The van der Waals surface area contributed by atoms with Crippen molar-refractivity contribution in [3.8, 4) is 33.8 Å². The molecule has 3 N–H and O–H groups in total. The number of benzene rings is 1. The fraction of sp³-hybridized carbons (Fsp3) is 0.148. The maximum Gasteiger partial charge on any atom is 0.181 e. The molecule has 0 aliphatic carbocycles. The number of H-pyrrole nitrogens is 2. The molecule has 0 atom stereocenters. The highest BCUT2D eigenvalue weighted by Crippen LogP contribution is 2.34. The van der Waals surface area contributed by atoms with Gasteiger partial charge in [-0.1, -0.05) is 0 Å². The molecule has 0 bridgehead atoms. The van der Waals surface area contributed by atoms with Gasteiger partial charge in [0.05, 0.1) is 17.1 Å². The van der Waals surface area contributed by atoms with E-state index in [-0.39, 0.29) is 5.82 Å². The topological polar surface area (TPSA) is 111 Å². The summed E-state index contributed by atoms with van der Waals surface area (Å²) < 4.78 is 14.6. The number of anilines is 1. The van der Waals surface area contributed by atoms with Crippen LogP contribution in [0.4, 0.5) is 10.1 Å². The van der Waals surface area contributed by atoms with Crippen molar-refractivity contribution >= 4 is 27.6 Å². The second kappa shape index (κ2) is 9.40. The Morgan fingerprint density at radius 2 is 1.78 bits per heavy atom. The molecule has 0 fully saturated rings. The van der Waals surface area contributed by atoms with Crippen molar-refractivity contribution in [2.45, 2.75) is 0 Å². The maximum absolute atomic E-state index is 14.6. The Morgan fingerprint density at radius 3 is 2.62 bits per heavy atom. The maximum atomic E-state index is 14.6. The molecule has 0 amide bonds. The minimum absolute atomic E-state index is 0.317. The van der Waals surface area contributed by atoms with Crippen LogP contribution < -0.4 is 5.32 Å². The van der Waals surface area contributed by atoms with E-state index in [1.807, 2.05) is 38.4 Å². The minimum atomic E-state index is -0.317. The summed E-state index contributed by atoms with van der Waals surface area (Å²) in [6, 6.07) is 10.9. The lowest BCUT2D eigenvalue weighted by atomic mass is 10.1. The number of hydrogen-bond donors (Lipinski definition) is 3. The Morgan fingerprint density at radius 1 is 0.919 bits per heavy atom. The van der Waals surface area contributed by atoms with Crippen LogP contribution in [0.1, 0.15) is 0 Å². The molecule has 5 aromatic heterocycles. The van der Waals surface area contributed by atoms with Crippen LogP contribution in [0.15, 0.2) is 67.5 Å². The Hall–Kier alpha value is -4.70. The summed E-state index contributed by atoms with van der Waals surface area (Å²) in [5.41, 5.74) is 6.99. The molecule has 0 radical (unpaired) electrons. The zero-order valence-electron chi connectivity index (χ0n) is 20.3. The van der Waals surface area contributed by atoms with Gasteiger partial charge in [0, 0.05) is 76.5 Å². The summed E-state index contributed by atoms with van der Waals surface area (Å²) >= 11 is 0. The fourth-order valence-corrected chi connectivity index (χ4v) is 4.38. The van der Waals surface area contributed by atoms with Crippen molar-refractivity contribution < 1.29 is 4.39 Å². The third-order valence-corrected chi connectivity index (χ3v) is 6.18. The summed E-state index contributed by atoms with van der Waals surface area (Å²) in [4.78, 5) is 22.8. The van der Waals surface area contributed by atoms with Gasteiger partial charge in [-0.05, 0) is 50.5 Å². The van der Waals surface area contributed by atoms with Crippen molar-refractivity contribution in [2.24, 2.45) is 0 Å². The van der Waals surface area contributed by atoms with Crippen molar-refractivity contribution in [3.05, 3.63) is 73.3 Å². The van der Waals surface area contributed by atoms with Gasteiger partial charge in [-0.15, -0.1) is 0 Å². The van der Waals surface area contributed by atoms with Crippen LogP contribution in [0, 0.1) is 5.82 Å². The number of rotatable bonds is 7. The van der Waals surface area contributed by atoms with Crippen molar-refractivity contribution in [2.75, 3.05) is 32.5 Å². The molecule has 184 valence electrons. The molecule has 0 spiro atoms. The minimum Gasteiger partial charge on any atom is -0.384 e. The standard InChI is InChI=1S/C27H24FN9/c1-37(2)6-5-31-20-8-16(7-19(28)10-20)25-21-11-24(34-23(21)3-4-32-25)26-22-9-17(14-33-27(22)36-35-26)18-12-29-15-30-13-18/h3-4,7-15,31,34H,5-6H2,1-2H3,(H,33,35,36). The van der Waals surface area contributed by atoms with E-state index in [0.717, 1.165) is 51.0 Å². The second-order valence-corrected chi connectivity index (χ2v) is 9.08. The predicted molar refractivity (Wildman–Crippen MR) is 142 cm³/mol.